The number of nitrogens with zero attached hydrogens (tertiary/aromatic N) is 3. The van der Waals surface area contributed by atoms with Crippen molar-refractivity contribution < 1.29 is 31.2 Å². The Kier molecular flexibility index (Phi) is 10.1. The molecule has 2 atom stereocenters. The molecule has 5 rings (SSSR count). The zero-order chi connectivity index (χ0) is 33.1. The van der Waals surface area contributed by atoms with Crippen molar-refractivity contribution in [3.63, 3.8) is 0 Å². The van der Waals surface area contributed by atoms with Crippen LogP contribution in [0, 0.1) is 0 Å². The van der Waals surface area contributed by atoms with E-state index in [-0.39, 0.29) is 31.1 Å². The second kappa shape index (κ2) is 13.9. The van der Waals surface area contributed by atoms with Gasteiger partial charge in [0, 0.05) is 48.0 Å². The molecule has 3 aromatic carbocycles. The first-order chi connectivity index (χ1) is 21.9. The summed E-state index contributed by atoms with van der Waals surface area (Å²) in [5.74, 6) is -2.23. The number of carbonyl (C=O) groups is 2. The number of piperazine rings is 1. The number of carbonyl (C=O) groups excluding carboxylic acids is 2. The Balaban J connectivity index is 1.43. The molecule has 46 heavy (non-hydrogen) atoms. The molecular weight excluding hydrogens is 652 g/mol. The van der Waals surface area contributed by atoms with Gasteiger partial charge < -0.3 is 9.64 Å². The third kappa shape index (κ3) is 7.39. The number of hydrogen-bond acceptors (Lipinski definition) is 8. The van der Waals surface area contributed by atoms with Crippen LogP contribution in [0.1, 0.15) is 24.2 Å². The van der Waals surface area contributed by atoms with Gasteiger partial charge in [-0.2, -0.15) is 4.31 Å². The molecule has 0 aliphatic carbocycles. The molecule has 1 fully saturated rings. The molecule has 1 aromatic heterocycles. The van der Waals surface area contributed by atoms with E-state index in [9.17, 15) is 26.4 Å². The van der Waals surface area contributed by atoms with Crippen LogP contribution in [-0.4, -0.2) is 87.0 Å². The summed E-state index contributed by atoms with van der Waals surface area (Å²) >= 11 is 6.09. The van der Waals surface area contributed by atoms with E-state index in [1.165, 1.54) is 15.3 Å². The summed E-state index contributed by atoms with van der Waals surface area (Å²) in [6.07, 6.45) is 1.67. The molecule has 0 saturated carbocycles. The van der Waals surface area contributed by atoms with Crippen LogP contribution in [0.15, 0.2) is 90.0 Å². The van der Waals surface area contributed by atoms with Crippen molar-refractivity contribution in [2.24, 2.45) is 0 Å². The van der Waals surface area contributed by atoms with Crippen LogP contribution >= 0.6 is 11.6 Å². The van der Waals surface area contributed by atoms with Gasteiger partial charge in [-0.25, -0.2) is 21.6 Å². The molecule has 2 heterocycles. The molecule has 242 valence electrons. The smallest absolute Gasteiger partial charge is 0.322 e. The van der Waals surface area contributed by atoms with Gasteiger partial charge in [0.05, 0.1) is 23.2 Å². The first-order valence-electron chi connectivity index (χ1n) is 14.6. The predicted molar refractivity (Wildman–Crippen MR) is 175 cm³/mol. The van der Waals surface area contributed by atoms with E-state index in [4.69, 9.17) is 16.3 Å². The number of pyridine rings is 1. The number of hydrogen-bond donors (Lipinski definition) is 1. The normalized spacial score (nSPS) is 17.6. The fourth-order valence-electron chi connectivity index (χ4n) is 5.49. The Morgan fingerprint density at radius 1 is 0.957 bits per heavy atom. The molecule has 1 aliphatic heterocycles. The summed E-state index contributed by atoms with van der Waals surface area (Å²) in [4.78, 5) is 31.6. The Hall–Kier alpha value is -3.88. The van der Waals surface area contributed by atoms with Gasteiger partial charge in [-0.05, 0) is 73.2 Å². The van der Waals surface area contributed by atoms with Crippen molar-refractivity contribution in [2.45, 2.75) is 30.8 Å². The molecular formula is C32H33ClN4O7S2. The number of sulfonamides is 2. The van der Waals surface area contributed by atoms with Crippen LogP contribution in [0.25, 0.3) is 22.0 Å². The third-order valence-corrected chi connectivity index (χ3v) is 11.3. The highest BCUT2D eigenvalue weighted by molar-refractivity contribution is 7.90. The van der Waals surface area contributed by atoms with Crippen LogP contribution < -0.4 is 4.72 Å². The van der Waals surface area contributed by atoms with Gasteiger partial charge in [0.15, 0.2) is 5.75 Å². The zero-order valence-electron chi connectivity index (χ0n) is 25.2. The minimum atomic E-state index is -4.16. The Morgan fingerprint density at radius 2 is 1.67 bits per heavy atom. The quantitative estimate of drug-likeness (QED) is 0.248. The number of aromatic nitrogens is 1. The van der Waals surface area contributed by atoms with Crippen LogP contribution in [0.2, 0.25) is 5.02 Å². The second-order valence-electron chi connectivity index (χ2n) is 10.8. The highest BCUT2D eigenvalue weighted by Gasteiger charge is 2.42. The summed E-state index contributed by atoms with van der Waals surface area (Å²) in [5.41, 5.74) is 1.89. The number of amides is 1. The summed E-state index contributed by atoms with van der Waals surface area (Å²) in [6.45, 7) is 2.86. The van der Waals surface area contributed by atoms with Crippen LogP contribution in [0.4, 0.5) is 0 Å². The monoisotopic (exact) mass is 684 g/mol. The lowest BCUT2D eigenvalue weighted by molar-refractivity contribution is -0.139. The lowest BCUT2D eigenvalue weighted by Crippen LogP contribution is -2.64. The van der Waals surface area contributed by atoms with Crippen molar-refractivity contribution in [3.8, 4) is 11.3 Å². The zero-order valence-corrected chi connectivity index (χ0v) is 27.6. The summed E-state index contributed by atoms with van der Waals surface area (Å²) in [6, 6.07) is 20.5. The van der Waals surface area contributed by atoms with Gasteiger partial charge >= 0.3 is 5.97 Å². The average molecular weight is 685 g/mol. The number of fused-ring (bicyclic) bond motifs is 1. The van der Waals surface area contributed by atoms with Crippen LogP contribution in [-0.2, 0) is 29.6 Å². The molecule has 11 nitrogen and oxygen atoms in total. The topological polar surface area (TPSA) is 143 Å². The molecule has 0 radical (unpaired) electrons. The van der Waals surface area contributed by atoms with Gasteiger partial charge in [0.25, 0.3) is 5.91 Å². The number of benzene rings is 3. The molecule has 0 spiro atoms. The molecule has 4 aromatic rings. The summed E-state index contributed by atoms with van der Waals surface area (Å²) in [7, 11) is -8.23. The minimum Gasteiger partial charge on any atom is -0.465 e. The van der Waals surface area contributed by atoms with E-state index in [1.54, 1.807) is 80.7 Å². The SMILES string of the molecule is CCOC(=O)CS(=O)(=O)NCC1C(C)N(S(=O)(=O)c2ccc3cc(Cl)ccc3c2)CCN1C(=O)c1ccc(-c2ccccn2)cc1. The summed E-state index contributed by atoms with van der Waals surface area (Å²) in [5, 5.41) is 1.99. The molecule has 1 saturated heterocycles. The molecule has 1 N–H and O–H groups in total. The highest BCUT2D eigenvalue weighted by Crippen LogP contribution is 2.29. The van der Waals surface area contributed by atoms with E-state index in [0.29, 0.717) is 16.0 Å². The number of esters is 1. The van der Waals surface area contributed by atoms with Crippen molar-refractivity contribution in [2.75, 3.05) is 32.0 Å². The largest absolute Gasteiger partial charge is 0.465 e. The van der Waals surface area contributed by atoms with E-state index >= 15 is 0 Å². The molecule has 2 unspecified atom stereocenters. The van der Waals surface area contributed by atoms with Crippen molar-refractivity contribution in [1.82, 2.24) is 18.9 Å². The first-order valence-corrected chi connectivity index (χ1v) is 18.0. The van der Waals surface area contributed by atoms with Gasteiger partial charge in [-0.3, -0.25) is 14.6 Å². The van der Waals surface area contributed by atoms with Crippen molar-refractivity contribution in [1.29, 1.82) is 0 Å². The van der Waals surface area contributed by atoms with Crippen LogP contribution in [0.3, 0.4) is 0 Å². The Morgan fingerprint density at radius 3 is 2.37 bits per heavy atom. The van der Waals surface area contributed by atoms with Crippen molar-refractivity contribution >= 4 is 54.3 Å². The summed E-state index contributed by atoms with van der Waals surface area (Å²) < 4.78 is 61.9. The standard InChI is InChI=1S/C32H33ClN4O7S2/c1-3-44-31(38)21-45(40,41)35-20-30-22(2)37(46(42,43)28-14-12-25-18-27(33)13-11-26(25)19-28)17-16-36(30)32(39)24-9-7-23(8-10-24)29-6-4-5-15-34-29/h4-15,18-19,22,30,35H,3,16-17,20-21H2,1-2H3. The molecule has 1 amide bonds. The molecule has 14 heteroatoms. The minimum absolute atomic E-state index is 0.00213. The Bertz CT molecular complexity index is 1960. The fraction of sp³-hybridized carbons (Fsp3) is 0.281. The highest BCUT2D eigenvalue weighted by atomic mass is 35.5. The second-order valence-corrected chi connectivity index (χ2v) is 14.9. The number of ether oxygens (including phenoxy) is 1. The van der Waals surface area contributed by atoms with Gasteiger partial charge in [-0.1, -0.05) is 41.9 Å². The number of rotatable bonds is 10. The number of nitrogens with one attached hydrogen (secondary N) is 1. The molecule has 0 bridgehead atoms. The van der Waals surface area contributed by atoms with Gasteiger partial charge in [-0.15, -0.1) is 0 Å². The van der Waals surface area contributed by atoms with E-state index in [1.807, 2.05) is 12.1 Å². The van der Waals surface area contributed by atoms with Gasteiger partial charge in [0.1, 0.15) is 0 Å². The third-order valence-electron chi connectivity index (χ3n) is 7.83. The maximum Gasteiger partial charge on any atom is 0.322 e. The lowest BCUT2D eigenvalue weighted by Gasteiger charge is -2.45. The van der Waals surface area contributed by atoms with E-state index in [2.05, 4.69) is 9.71 Å². The maximum absolute atomic E-state index is 14.0. The van der Waals surface area contributed by atoms with Gasteiger partial charge in [0.2, 0.25) is 20.0 Å². The average Bonchev–Trinajstić information content (AvgIpc) is 3.03. The van der Waals surface area contributed by atoms with E-state index in [0.717, 1.165) is 16.6 Å². The van der Waals surface area contributed by atoms with E-state index < -0.39 is 49.8 Å². The molecule has 1 aliphatic rings. The predicted octanol–water partition coefficient (Wildman–Crippen LogP) is 3.94. The van der Waals surface area contributed by atoms with Crippen molar-refractivity contribution in [3.05, 3.63) is 95.6 Å². The maximum atomic E-state index is 14.0. The Labute approximate surface area is 273 Å². The first kappa shape index (κ1) is 33.5. The fourth-order valence-corrected chi connectivity index (χ4v) is 8.28. The number of halogens is 1. The lowest BCUT2D eigenvalue weighted by atomic mass is 10.0. The van der Waals surface area contributed by atoms with Crippen LogP contribution in [0.5, 0.6) is 0 Å².